The lowest BCUT2D eigenvalue weighted by atomic mass is 10.9. The van der Waals surface area contributed by atoms with Gasteiger partial charge in [-0.25, -0.2) is 0 Å². The van der Waals surface area contributed by atoms with Crippen LogP contribution in [-0.4, -0.2) is 18.5 Å². The van der Waals surface area contributed by atoms with Crippen LogP contribution in [0.25, 0.3) is 0 Å². The summed E-state index contributed by atoms with van der Waals surface area (Å²) in [4.78, 5) is 0. The molecule has 0 saturated carbocycles. The second-order valence-electron chi connectivity index (χ2n) is 2.09. The van der Waals surface area contributed by atoms with Crippen molar-refractivity contribution in [3.05, 3.63) is 0 Å². The molecule has 0 radical (unpaired) electrons. The van der Waals surface area contributed by atoms with Gasteiger partial charge < -0.3 is 5.16 Å². The molecule has 0 fully saturated rings. The molecule has 0 unspecified atom stereocenters. The van der Waals surface area contributed by atoms with E-state index in [0.717, 1.165) is 18.5 Å². The first-order chi connectivity index (χ1) is 3.68. The van der Waals surface area contributed by atoms with E-state index in [1.165, 1.54) is 0 Å². The van der Waals surface area contributed by atoms with Crippen molar-refractivity contribution in [1.29, 1.82) is 5.16 Å². The molecule has 8 heavy (non-hydrogen) atoms. The second kappa shape index (κ2) is 3.29. The predicted molar refractivity (Wildman–Crippen MR) is 41.3 cm³/mol. The summed E-state index contributed by atoms with van der Waals surface area (Å²) in [6.07, 6.45) is 3.29. The van der Waals surface area contributed by atoms with Gasteiger partial charge in [-0.1, -0.05) is 20.8 Å². The van der Waals surface area contributed by atoms with Crippen molar-refractivity contribution in [3.8, 4) is 0 Å². The lowest BCUT2D eigenvalue weighted by Gasteiger charge is -2.14. The zero-order valence-corrected chi connectivity index (χ0v) is 6.96. The fourth-order valence-electron chi connectivity index (χ4n) is 0.671. The van der Waals surface area contributed by atoms with Crippen LogP contribution >= 0.6 is 7.05 Å². The minimum absolute atomic E-state index is 1.10. The Morgan fingerprint density at radius 1 is 1.00 bits per heavy atom. The minimum atomic E-state index is -1.16. The van der Waals surface area contributed by atoms with E-state index in [0.29, 0.717) is 0 Å². The van der Waals surface area contributed by atoms with Crippen molar-refractivity contribution in [2.45, 2.75) is 20.8 Å². The molecule has 1 N–H and O–H groups in total. The monoisotopic (exact) mass is 133 g/mol. The Morgan fingerprint density at radius 2 is 1.25 bits per heavy atom. The molecule has 0 aliphatic rings. The van der Waals surface area contributed by atoms with Crippen LogP contribution < -0.4 is 0 Å². The van der Waals surface area contributed by atoms with Gasteiger partial charge in [0.1, 0.15) is 0 Å². The first-order valence-electron chi connectivity index (χ1n) is 3.29. The maximum Gasteiger partial charge on any atom is -0.0207 e. The molecule has 0 rings (SSSR count). The fraction of sp³-hybridized carbons (Fsp3) is 1.00. The molecule has 0 heterocycles. The van der Waals surface area contributed by atoms with Crippen LogP contribution in [0.5, 0.6) is 0 Å². The van der Waals surface area contributed by atoms with Gasteiger partial charge in [0.05, 0.1) is 0 Å². The van der Waals surface area contributed by atoms with Crippen molar-refractivity contribution in [2.75, 3.05) is 18.5 Å². The summed E-state index contributed by atoms with van der Waals surface area (Å²) in [6, 6.07) is 0. The van der Waals surface area contributed by atoms with Gasteiger partial charge in [-0.3, -0.25) is 0 Å². The molecular weight excluding hydrogens is 117 g/mol. The fourth-order valence-corrected chi connectivity index (χ4v) is 2.01. The van der Waals surface area contributed by atoms with Gasteiger partial charge in [0, 0.05) is 0 Å². The quantitative estimate of drug-likeness (QED) is 0.572. The highest BCUT2D eigenvalue weighted by molar-refractivity contribution is 7.64. The highest BCUT2D eigenvalue weighted by Gasteiger charge is 2.06. The van der Waals surface area contributed by atoms with E-state index in [4.69, 9.17) is 5.16 Å². The highest BCUT2D eigenvalue weighted by Crippen LogP contribution is 2.44. The molecule has 0 aromatic rings. The molecule has 0 bridgehead atoms. The SMILES string of the molecule is CCP(=N)(CC)CC. The molecule has 0 amide bonds. The number of hydrogen-bond acceptors (Lipinski definition) is 1. The topological polar surface area (TPSA) is 23.9 Å². The van der Waals surface area contributed by atoms with Crippen LogP contribution in [0.1, 0.15) is 20.8 Å². The third-order valence-electron chi connectivity index (χ3n) is 1.82. The Morgan fingerprint density at radius 3 is 1.25 bits per heavy atom. The maximum atomic E-state index is 7.78. The molecule has 50 valence electrons. The van der Waals surface area contributed by atoms with Crippen LogP contribution in [0.15, 0.2) is 0 Å². The average Bonchev–Trinajstić information content (AvgIpc) is 1.87. The molecule has 0 atom stereocenters. The number of rotatable bonds is 3. The van der Waals surface area contributed by atoms with Crippen LogP contribution in [0, 0.1) is 5.16 Å². The zero-order valence-electron chi connectivity index (χ0n) is 6.07. The maximum absolute atomic E-state index is 7.78. The van der Waals surface area contributed by atoms with Gasteiger partial charge in [-0.05, 0) is 25.5 Å². The standard InChI is InChI=1S/C6H16NP/c1-4-8(7,5-2)6-3/h7H,4-6H2,1-3H3. The van der Waals surface area contributed by atoms with Gasteiger partial charge in [0.15, 0.2) is 0 Å². The summed E-state index contributed by atoms with van der Waals surface area (Å²) in [5, 5.41) is 7.78. The van der Waals surface area contributed by atoms with E-state index in [2.05, 4.69) is 20.8 Å². The molecule has 0 aromatic carbocycles. The molecule has 0 spiro atoms. The summed E-state index contributed by atoms with van der Waals surface area (Å²) >= 11 is 0. The summed E-state index contributed by atoms with van der Waals surface area (Å²) in [7, 11) is -1.16. The lowest BCUT2D eigenvalue weighted by molar-refractivity contribution is 1.28. The Hall–Kier alpha value is 0.230. The molecule has 0 aliphatic heterocycles. The second-order valence-corrected chi connectivity index (χ2v) is 6.28. The average molecular weight is 133 g/mol. The van der Waals surface area contributed by atoms with Gasteiger partial charge in [-0.2, -0.15) is 0 Å². The smallest absolute Gasteiger partial charge is 0.0207 e. The van der Waals surface area contributed by atoms with Crippen molar-refractivity contribution in [3.63, 3.8) is 0 Å². The van der Waals surface area contributed by atoms with Crippen molar-refractivity contribution < 1.29 is 0 Å². The molecular formula is C6H16NP. The normalized spacial score (nSPS) is 11.9. The van der Waals surface area contributed by atoms with Crippen molar-refractivity contribution >= 4 is 7.05 Å². The Labute approximate surface area is 52.3 Å². The van der Waals surface area contributed by atoms with E-state index in [1.54, 1.807) is 0 Å². The number of nitrogens with one attached hydrogen (secondary N) is 1. The van der Waals surface area contributed by atoms with Crippen molar-refractivity contribution in [1.82, 2.24) is 0 Å². The molecule has 1 nitrogen and oxygen atoms in total. The highest BCUT2D eigenvalue weighted by atomic mass is 31.2. The Balaban J connectivity index is 3.79. The molecule has 0 aliphatic carbocycles. The first-order valence-corrected chi connectivity index (χ1v) is 5.64. The Bertz CT molecular complexity index is 79.7. The first kappa shape index (κ1) is 8.23. The summed E-state index contributed by atoms with van der Waals surface area (Å²) in [5.74, 6) is 0. The summed E-state index contributed by atoms with van der Waals surface area (Å²) in [5.41, 5.74) is 0. The van der Waals surface area contributed by atoms with Crippen LogP contribution in [0.3, 0.4) is 0 Å². The van der Waals surface area contributed by atoms with Gasteiger partial charge in [-0.15, -0.1) is 0 Å². The Kier molecular flexibility index (Phi) is 3.39. The van der Waals surface area contributed by atoms with E-state index in [9.17, 15) is 0 Å². The third-order valence-corrected chi connectivity index (χ3v) is 5.45. The van der Waals surface area contributed by atoms with Crippen molar-refractivity contribution in [2.24, 2.45) is 0 Å². The van der Waals surface area contributed by atoms with Crippen LogP contribution in [-0.2, 0) is 0 Å². The zero-order chi connectivity index (χ0) is 6.62. The predicted octanol–water partition coefficient (Wildman–Crippen LogP) is 2.83. The van der Waals surface area contributed by atoms with Gasteiger partial charge in [0.25, 0.3) is 0 Å². The van der Waals surface area contributed by atoms with E-state index >= 15 is 0 Å². The van der Waals surface area contributed by atoms with E-state index in [1.807, 2.05) is 0 Å². The largest absolute Gasteiger partial charge is 0.319 e. The minimum Gasteiger partial charge on any atom is -0.319 e. The molecule has 0 aromatic heterocycles. The summed E-state index contributed by atoms with van der Waals surface area (Å²) in [6.45, 7) is 6.40. The third kappa shape index (κ3) is 2.00. The van der Waals surface area contributed by atoms with E-state index < -0.39 is 7.05 Å². The number of hydrogen-bond donors (Lipinski definition) is 1. The molecule has 2 heteroatoms. The van der Waals surface area contributed by atoms with Gasteiger partial charge >= 0.3 is 0 Å². The molecule has 0 saturated heterocycles. The summed E-state index contributed by atoms with van der Waals surface area (Å²) < 4.78 is 0. The van der Waals surface area contributed by atoms with Gasteiger partial charge in [0.2, 0.25) is 0 Å². The van der Waals surface area contributed by atoms with Crippen LogP contribution in [0.2, 0.25) is 0 Å². The van der Waals surface area contributed by atoms with E-state index in [-0.39, 0.29) is 0 Å². The van der Waals surface area contributed by atoms with Crippen LogP contribution in [0.4, 0.5) is 0 Å². The lowest BCUT2D eigenvalue weighted by Crippen LogP contribution is -1.89.